The van der Waals surface area contributed by atoms with Gasteiger partial charge in [0.05, 0.1) is 9.52 Å². The Morgan fingerprint density at radius 2 is 1.83 bits per heavy atom. The van der Waals surface area contributed by atoms with Crippen LogP contribution >= 0.6 is 0 Å². The molecule has 0 atom stereocenters. The van der Waals surface area contributed by atoms with Crippen LogP contribution in [0.4, 0.5) is 0 Å². The van der Waals surface area contributed by atoms with E-state index in [1.54, 1.807) is 5.19 Å². The first-order valence-electron chi connectivity index (χ1n) is 4.53. The van der Waals surface area contributed by atoms with Crippen molar-refractivity contribution in [3.8, 4) is 0 Å². The summed E-state index contributed by atoms with van der Waals surface area (Å²) in [4.78, 5) is 0. The predicted molar refractivity (Wildman–Crippen MR) is 59.1 cm³/mol. The van der Waals surface area contributed by atoms with Crippen molar-refractivity contribution in [2.45, 2.75) is 32.7 Å². The van der Waals surface area contributed by atoms with E-state index in [0.717, 1.165) is 0 Å². The molecule has 0 spiro atoms. The molecule has 0 aliphatic carbocycles. The van der Waals surface area contributed by atoms with Crippen molar-refractivity contribution in [2.75, 3.05) is 0 Å². The fourth-order valence-corrected chi connectivity index (χ4v) is 3.34. The molecular formula is C11H18Si. The second-order valence-corrected chi connectivity index (χ2v) is 8.02. The van der Waals surface area contributed by atoms with E-state index in [4.69, 9.17) is 0 Å². The maximum Gasteiger partial charge on any atom is 0.0601 e. The van der Waals surface area contributed by atoms with Crippen molar-refractivity contribution in [1.82, 2.24) is 0 Å². The average molecular weight is 178 g/mol. The molecule has 66 valence electrons. The molecule has 0 saturated heterocycles. The van der Waals surface area contributed by atoms with Gasteiger partial charge in [0, 0.05) is 0 Å². The van der Waals surface area contributed by atoms with Crippen LogP contribution < -0.4 is 5.19 Å². The largest absolute Gasteiger partial charge is 0.0661 e. The van der Waals surface area contributed by atoms with Crippen LogP contribution in [0.15, 0.2) is 24.3 Å². The topological polar surface area (TPSA) is 0 Å². The lowest BCUT2D eigenvalue weighted by molar-refractivity contribution is 0.759. The molecule has 0 saturated carbocycles. The minimum absolute atomic E-state index is 0.0945. The van der Waals surface area contributed by atoms with Crippen LogP contribution in [0.2, 0.25) is 5.04 Å². The molecule has 1 aromatic carbocycles. The van der Waals surface area contributed by atoms with Crippen LogP contribution in [0.5, 0.6) is 0 Å². The van der Waals surface area contributed by atoms with Gasteiger partial charge in [-0.2, -0.15) is 0 Å². The van der Waals surface area contributed by atoms with E-state index >= 15 is 0 Å². The molecule has 0 bridgehead atoms. The molecule has 1 aromatic rings. The third-order valence-corrected chi connectivity index (χ3v) is 3.73. The zero-order valence-corrected chi connectivity index (χ0v) is 9.93. The molecule has 0 aromatic heterocycles. The van der Waals surface area contributed by atoms with Gasteiger partial charge in [0.15, 0.2) is 0 Å². The molecule has 0 aliphatic heterocycles. The molecule has 1 rings (SSSR count). The van der Waals surface area contributed by atoms with Crippen LogP contribution in [0.1, 0.15) is 26.3 Å². The quantitative estimate of drug-likeness (QED) is 0.577. The van der Waals surface area contributed by atoms with E-state index in [9.17, 15) is 0 Å². The molecule has 0 fully saturated rings. The van der Waals surface area contributed by atoms with Gasteiger partial charge < -0.3 is 0 Å². The summed E-state index contributed by atoms with van der Waals surface area (Å²) in [5, 5.41) is 2.12. The highest BCUT2D eigenvalue weighted by atomic mass is 28.2. The average Bonchev–Trinajstić information content (AvgIpc) is 1.82. The Morgan fingerprint density at radius 3 is 2.33 bits per heavy atom. The molecule has 0 nitrogen and oxygen atoms in total. The highest BCUT2D eigenvalue weighted by Crippen LogP contribution is 2.19. The monoisotopic (exact) mass is 178 g/mol. The lowest BCUT2D eigenvalue weighted by atomic mass is 10.2. The fraction of sp³-hybridized carbons (Fsp3) is 0.455. The minimum Gasteiger partial charge on any atom is -0.0661 e. The summed E-state index contributed by atoms with van der Waals surface area (Å²) in [6.45, 7) is 9.17. The Morgan fingerprint density at radius 1 is 1.17 bits per heavy atom. The van der Waals surface area contributed by atoms with Gasteiger partial charge in [-0.05, 0) is 12.0 Å². The van der Waals surface area contributed by atoms with Crippen LogP contribution in [-0.2, 0) is 0 Å². The minimum atomic E-state index is -0.0945. The molecule has 0 heterocycles. The predicted octanol–water partition coefficient (Wildman–Crippen LogP) is 2.01. The SMILES string of the molecule is Cc1cccc([SiH2]C(C)(C)C)c1. The molecular weight excluding hydrogens is 160 g/mol. The van der Waals surface area contributed by atoms with Crippen molar-refractivity contribution in [1.29, 1.82) is 0 Å². The summed E-state index contributed by atoms with van der Waals surface area (Å²) in [6.07, 6.45) is 0. The highest BCUT2D eigenvalue weighted by molar-refractivity contribution is 6.56. The molecule has 0 amide bonds. The first-order valence-corrected chi connectivity index (χ1v) is 5.94. The third kappa shape index (κ3) is 3.22. The standard InChI is InChI=1S/C11H18Si/c1-9-6-5-7-10(8-9)12-11(2,3)4/h5-8H,12H2,1-4H3. The van der Waals surface area contributed by atoms with E-state index in [2.05, 4.69) is 52.0 Å². The second kappa shape index (κ2) is 3.44. The van der Waals surface area contributed by atoms with Gasteiger partial charge in [-0.3, -0.25) is 0 Å². The Balaban J connectivity index is 2.77. The summed E-state index contributed by atoms with van der Waals surface area (Å²) in [7, 11) is -0.0945. The maximum absolute atomic E-state index is 2.33. The van der Waals surface area contributed by atoms with Gasteiger partial charge in [-0.15, -0.1) is 0 Å². The lowest BCUT2D eigenvalue weighted by Crippen LogP contribution is -2.23. The molecule has 0 radical (unpaired) electrons. The van der Waals surface area contributed by atoms with E-state index in [-0.39, 0.29) is 9.52 Å². The van der Waals surface area contributed by atoms with Crippen LogP contribution in [0.3, 0.4) is 0 Å². The molecule has 0 unspecified atom stereocenters. The molecule has 0 aliphatic rings. The first kappa shape index (κ1) is 9.52. The van der Waals surface area contributed by atoms with E-state index in [1.807, 2.05) is 0 Å². The first-order chi connectivity index (χ1) is 5.47. The van der Waals surface area contributed by atoms with Gasteiger partial charge in [0.1, 0.15) is 0 Å². The number of rotatable bonds is 1. The van der Waals surface area contributed by atoms with Crippen LogP contribution in [0.25, 0.3) is 0 Å². The number of hydrogen-bond donors (Lipinski definition) is 0. The highest BCUT2D eigenvalue weighted by Gasteiger charge is 2.11. The Labute approximate surface area is 77.8 Å². The summed E-state index contributed by atoms with van der Waals surface area (Å²) < 4.78 is 0. The maximum atomic E-state index is 2.33. The Bertz CT molecular complexity index is 258. The lowest BCUT2D eigenvalue weighted by Gasteiger charge is -2.17. The van der Waals surface area contributed by atoms with E-state index < -0.39 is 0 Å². The van der Waals surface area contributed by atoms with Crippen molar-refractivity contribution >= 4 is 14.7 Å². The van der Waals surface area contributed by atoms with Gasteiger partial charge in [0.25, 0.3) is 0 Å². The summed E-state index contributed by atoms with van der Waals surface area (Å²) in [5.74, 6) is 0. The number of aryl methyl sites for hydroxylation is 1. The normalized spacial score (nSPS) is 12.7. The molecule has 0 N–H and O–H groups in total. The third-order valence-electron chi connectivity index (χ3n) is 1.82. The zero-order chi connectivity index (χ0) is 9.19. The van der Waals surface area contributed by atoms with Crippen LogP contribution in [0, 0.1) is 6.92 Å². The van der Waals surface area contributed by atoms with Gasteiger partial charge in [-0.1, -0.05) is 55.8 Å². The summed E-state index contributed by atoms with van der Waals surface area (Å²) in [6, 6.07) is 8.94. The van der Waals surface area contributed by atoms with Crippen LogP contribution in [-0.4, -0.2) is 9.52 Å². The smallest absolute Gasteiger partial charge is 0.0601 e. The van der Waals surface area contributed by atoms with Gasteiger partial charge in [0.2, 0.25) is 0 Å². The van der Waals surface area contributed by atoms with Crippen molar-refractivity contribution in [2.24, 2.45) is 0 Å². The van der Waals surface area contributed by atoms with E-state index in [1.165, 1.54) is 5.56 Å². The zero-order valence-electron chi connectivity index (χ0n) is 8.52. The van der Waals surface area contributed by atoms with E-state index in [0.29, 0.717) is 5.04 Å². The van der Waals surface area contributed by atoms with Gasteiger partial charge in [-0.25, -0.2) is 0 Å². The van der Waals surface area contributed by atoms with Crippen molar-refractivity contribution < 1.29 is 0 Å². The van der Waals surface area contributed by atoms with Crippen molar-refractivity contribution in [3.05, 3.63) is 29.8 Å². The molecule has 12 heavy (non-hydrogen) atoms. The Kier molecular flexibility index (Phi) is 2.73. The number of benzene rings is 1. The number of hydrogen-bond acceptors (Lipinski definition) is 0. The second-order valence-electron chi connectivity index (χ2n) is 4.73. The fourth-order valence-electron chi connectivity index (χ4n) is 1.43. The summed E-state index contributed by atoms with van der Waals surface area (Å²) in [5.41, 5.74) is 1.39. The Hall–Kier alpha value is -0.563. The summed E-state index contributed by atoms with van der Waals surface area (Å²) >= 11 is 0. The molecule has 1 heteroatoms. The van der Waals surface area contributed by atoms with Crippen molar-refractivity contribution in [3.63, 3.8) is 0 Å². The van der Waals surface area contributed by atoms with Gasteiger partial charge >= 0.3 is 0 Å².